The van der Waals surface area contributed by atoms with Crippen LogP contribution in [0.15, 0.2) is 54.0 Å². The summed E-state index contributed by atoms with van der Waals surface area (Å²) < 4.78 is 16.0. The Bertz CT molecular complexity index is 839. The number of piperidine rings is 1. The molecule has 1 aliphatic carbocycles. The highest BCUT2D eigenvalue weighted by Crippen LogP contribution is 2.42. The predicted molar refractivity (Wildman–Crippen MR) is 115 cm³/mol. The molecule has 9 nitrogen and oxygen atoms in total. The molecule has 3 fully saturated rings. The van der Waals surface area contributed by atoms with Crippen LogP contribution in [-0.4, -0.2) is 60.2 Å². The van der Waals surface area contributed by atoms with Crippen LogP contribution in [0, 0.1) is 5.41 Å². The van der Waals surface area contributed by atoms with Gasteiger partial charge in [0, 0.05) is 35.6 Å². The number of allylic oxidation sites excluding steroid dienone is 3. The van der Waals surface area contributed by atoms with Crippen LogP contribution < -0.4 is 15.4 Å². The van der Waals surface area contributed by atoms with Crippen LogP contribution in [-0.2, 0) is 0 Å². The zero-order chi connectivity index (χ0) is 19.7. The Morgan fingerprint density at radius 2 is 1.90 bits per heavy atom. The molecule has 3 saturated heterocycles. The Morgan fingerprint density at radius 1 is 1.10 bits per heavy atom. The fourth-order valence-electron chi connectivity index (χ4n) is 4.56. The molecule has 0 radical (unpaired) electrons. The first-order valence-electron chi connectivity index (χ1n) is 10.0. The van der Waals surface area contributed by atoms with Crippen molar-refractivity contribution in [1.82, 2.24) is 15.4 Å². The number of hydrogen-bond acceptors (Lipinski definition) is 10. The molecule has 4 heterocycles. The van der Waals surface area contributed by atoms with E-state index < -0.39 is 0 Å². The van der Waals surface area contributed by atoms with Crippen molar-refractivity contribution in [3.05, 3.63) is 33.4 Å². The Morgan fingerprint density at radius 3 is 2.59 bits per heavy atom. The maximum absolute atomic E-state index is 10.2. The molecule has 1 spiro atoms. The van der Waals surface area contributed by atoms with E-state index in [1.807, 2.05) is 0 Å². The number of rotatable bonds is 4. The van der Waals surface area contributed by atoms with Gasteiger partial charge in [-0.3, -0.25) is 4.72 Å². The van der Waals surface area contributed by atoms with Crippen molar-refractivity contribution in [2.75, 3.05) is 39.3 Å². The predicted octanol–water partition coefficient (Wildman–Crippen LogP) is 2.46. The molecule has 0 aromatic heterocycles. The summed E-state index contributed by atoms with van der Waals surface area (Å²) in [5, 5.41) is 22.4. The SMILES string of the molecule is OSC1=C(SN[C@@H]2CCNC2)C=CC(=[N+]2CC3(CCNCC3)C2)C1=C1N=NN=N1. The molecule has 4 N–H and O–H groups in total. The zero-order valence-corrected chi connectivity index (χ0v) is 17.7. The molecule has 0 saturated carbocycles. The largest absolute Gasteiger partial charge is 0.325 e. The molecule has 0 aromatic carbocycles. The lowest BCUT2D eigenvalue weighted by atomic mass is 9.73. The van der Waals surface area contributed by atoms with E-state index in [1.54, 1.807) is 11.9 Å². The minimum absolute atomic E-state index is 0.406. The quantitative estimate of drug-likeness (QED) is 0.308. The van der Waals surface area contributed by atoms with Crippen LogP contribution in [0.3, 0.4) is 0 Å². The molecule has 29 heavy (non-hydrogen) atoms. The average molecular weight is 434 g/mol. The highest BCUT2D eigenvalue weighted by molar-refractivity contribution is 8.04. The smallest absolute Gasteiger partial charge is 0.215 e. The molecule has 1 atom stereocenters. The van der Waals surface area contributed by atoms with Crippen molar-refractivity contribution in [1.29, 1.82) is 0 Å². The topological polar surface area (TPSA) is 109 Å². The van der Waals surface area contributed by atoms with Gasteiger partial charge in [0.2, 0.25) is 11.5 Å². The summed E-state index contributed by atoms with van der Waals surface area (Å²) in [6, 6.07) is 0.424. The van der Waals surface area contributed by atoms with Crippen molar-refractivity contribution in [3.63, 3.8) is 0 Å². The fourth-order valence-corrected chi connectivity index (χ4v) is 6.07. The number of nitrogens with zero attached hydrogens (tertiary/aromatic N) is 5. The Hall–Kier alpha value is -1.37. The van der Waals surface area contributed by atoms with Crippen LogP contribution in [0.4, 0.5) is 0 Å². The Balaban J connectivity index is 1.44. The maximum atomic E-state index is 10.2. The fraction of sp³-hybridized carbons (Fsp3) is 0.611. The van der Waals surface area contributed by atoms with E-state index in [0.717, 1.165) is 78.8 Å². The van der Waals surface area contributed by atoms with Gasteiger partial charge in [-0.25, -0.2) is 4.58 Å². The van der Waals surface area contributed by atoms with Crippen LogP contribution in [0.1, 0.15) is 19.3 Å². The first-order chi connectivity index (χ1) is 14.3. The molecule has 5 rings (SSSR count). The second-order valence-electron chi connectivity index (χ2n) is 8.10. The van der Waals surface area contributed by atoms with E-state index >= 15 is 0 Å². The highest BCUT2D eigenvalue weighted by atomic mass is 32.2. The summed E-state index contributed by atoms with van der Waals surface area (Å²) in [6.07, 6.45) is 7.72. The second kappa shape index (κ2) is 8.40. The van der Waals surface area contributed by atoms with E-state index in [4.69, 9.17) is 0 Å². The van der Waals surface area contributed by atoms with Crippen molar-refractivity contribution >= 4 is 29.7 Å². The lowest BCUT2D eigenvalue weighted by Gasteiger charge is -2.42. The van der Waals surface area contributed by atoms with Gasteiger partial charge in [0.25, 0.3) is 0 Å². The van der Waals surface area contributed by atoms with Gasteiger partial charge in [-0.05, 0) is 67.4 Å². The Kier molecular flexibility index (Phi) is 5.67. The van der Waals surface area contributed by atoms with E-state index in [2.05, 4.69) is 52.8 Å². The minimum atomic E-state index is 0.406. The molecule has 154 valence electrons. The van der Waals surface area contributed by atoms with E-state index in [9.17, 15) is 4.55 Å². The molecule has 0 bridgehead atoms. The number of nitrogens with one attached hydrogen (secondary N) is 3. The molecule has 5 aliphatic rings. The molecular weight excluding hydrogens is 408 g/mol. The zero-order valence-electron chi connectivity index (χ0n) is 16.1. The van der Waals surface area contributed by atoms with Gasteiger partial charge >= 0.3 is 0 Å². The van der Waals surface area contributed by atoms with Crippen LogP contribution in [0.2, 0.25) is 0 Å². The van der Waals surface area contributed by atoms with Crippen molar-refractivity contribution in [2.45, 2.75) is 25.3 Å². The van der Waals surface area contributed by atoms with Crippen molar-refractivity contribution in [2.24, 2.45) is 26.1 Å². The lowest BCUT2D eigenvalue weighted by molar-refractivity contribution is -0.628. The molecule has 11 heteroatoms. The van der Waals surface area contributed by atoms with Crippen molar-refractivity contribution < 1.29 is 9.13 Å². The monoisotopic (exact) mass is 433 g/mol. The summed E-state index contributed by atoms with van der Waals surface area (Å²) in [5.74, 6) is 0.466. The third-order valence-electron chi connectivity index (χ3n) is 6.19. The minimum Gasteiger partial charge on any atom is -0.325 e. The molecule has 0 unspecified atom stereocenters. The van der Waals surface area contributed by atoms with Gasteiger partial charge in [-0.15, -0.1) is 10.2 Å². The number of hydrogen-bond donors (Lipinski definition) is 4. The van der Waals surface area contributed by atoms with Crippen molar-refractivity contribution in [3.8, 4) is 0 Å². The van der Waals surface area contributed by atoms with Gasteiger partial charge in [-0.2, -0.15) is 0 Å². The van der Waals surface area contributed by atoms with Crippen LogP contribution >= 0.6 is 24.0 Å². The first-order valence-corrected chi connectivity index (χ1v) is 11.6. The van der Waals surface area contributed by atoms with E-state index in [1.165, 1.54) is 12.8 Å². The van der Waals surface area contributed by atoms with Gasteiger partial charge in [0.1, 0.15) is 5.57 Å². The van der Waals surface area contributed by atoms with Gasteiger partial charge in [-0.1, -0.05) is 0 Å². The van der Waals surface area contributed by atoms with E-state index in [-0.39, 0.29) is 0 Å². The third kappa shape index (κ3) is 3.87. The highest BCUT2D eigenvalue weighted by Gasteiger charge is 2.50. The summed E-state index contributed by atoms with van der Waals surface area (Å²) in [7, 11) is 0. The normalized spacial score (nSPS) is 28.2. The van der Waals surface area contributed by atoms with Gasteiger partial charge < -0.3 is 15.2 Å². The molecular formula is C18H25N8OS2+. The van der Waals surface area contributed by atoms with Gasteiger partial charge in [0.15, 0.2) is 13.1 Å². The summed E-state index contributed by atoms with van der Waals surface area (Å²) in [4.78, 5) is 1.72. The standard InChI is InChI=1S/C18H24N8OS2/c27-29-16-14(28-23-12-3-6-20-9-12)2-1-13(15(16)17-21-24-25-22-17)26-10-18(11-26)4-7-19-8-5-18/h1-2,12,19-20,23H,3-11H2/p+1/t12-/m1/s1. The maximum Gasteiger partial charge on any atom is 0.215 e. The first kappa shape index (κ1) is 19.6. The van der Waals surface area contributed by atoms with Crippen LogP contribution in [0.5, 0.6) is 0 Å². The third-order valence-corrected chi connectivity index (χ3v) is 7.93. The van der Waals surface area contributed by atoms with E-state index in [0.29, 0.717) is 17.3 Å². The lowest BCUT2D eigenvalue weighted by Crippen LogP contribution is -2.57. The molecule has 0 aromatic rings. The summed E-state index contributed by atoms with van der Waals surface area (Å²) in [6.45, 7) is 6.23. The summed E-state index contributed by atoms with van der Waals surface area (Å²) >= 11 is 2.30. The average Bonchev–Trinajstić information content (AvgIpc) is 3.44. The summed E-state index contributed by atoms with van der Waals surface area (Å²) in [5.41, 5.74) is 2.28. The van der Waals surface area contributed by atoms with Crippen LogP contribution in [0.25, 0.3) is 0 Å². The second-order valence-corrected chi connectivity index (χ2v) is 9.57. The molecule has 0 amide bonds. The molecule has 4 aliphatic heterocycles. The van der Waals surface area contributed by atoms with Gasteiger partial charge in [0.05, 0.1) is 10.3 Å². The Labute approximate surface area is 178 Å².